The highest BCUT2D eigenvalue weighted by Crippen LogP contribution is 2.26. The molecule has 4 aromatic rings. The van der Waals surface area contributed by atoms with E-state index in [1.807, 2.05) is 54.6 Å². The van der Waals surface area contributed by atoms with Crippen LogP contribution in [0.5, 0.6) is 0 Å². The van der Waals surface area contributed by atoms with E-state index >= 15 is 0 Å². The van der Waals surface area contributed by atoms with Gasteiger partial charge in [0.25, 0.3) is 5.56 Å². The number of hydrogen-bond acceptors (Lipinski definition) is 4. The number of aromatic nitrogens is 3. The minimum absolute atomic E-state index is 0.117. The maximum absolute atomic E-state index is 12.3. The Morgan fingerprint density at radius 1 is 0.931 bits per heavy atom. The van der Waals surface area contributed by atoms with Crippen LogP contribution in [-0.2, 0) is 17.8 Å². The summed E-state index contributed by atoms with van der Waals surface area (Å²) in [5.41, 5.74) is 2.37. The Morgan fingerprint density at radius 3 is 2.59 bits per heavy atom. The number of carbonyl (C=O) groups excluding carboxylic acids is 1. The number of rotatable bonds is 6. The van der Waals surface area contributed by atoms with Crippen molar-refractivity contribution in [2.24, 2.45) is 0 Å². The van der Waals surface area contributed by atoms with Gasteiger partial charge in [0.15, 0.2) is 0 Å². The molecule has 0 unspecified atom stereocenters. The first-order valence-electron chi connectivity index (χ1n) is 9.42. The summed E-state index contributed by atoms with van der Waals surface area (Å²) >= 11 is 0. The fourth-order valence-electron chi connectivity index (χ4n) is 3.24. The monoisotopic (exact) mass is 384 g/mol. The van der Waals surface area contributed by atoms with E-state index in [9.17, 15) is 9.59 Å². The summed E-state index contributed by atoms with van der Waals surface area (Å²) in [4.78, 5) is 28.5. The van der Waals surface area contributed by atoms with Crippen molar-refractivity contribution in [2.45, 2.75) is 13.0 Å². The summed E-state index contributed by atoms with van der Waals surface area (Å²) in [5.74, 6) is -0.247. The van der Waals surface area contributed by atoms with Crippen LogP contribution in [0.25, 0.3) is 22.0 Å². The Hall–Kier alpha value is -3.80. The van der Waals surface area contributed by atoms with Crippen molar-refractivity contribution in [3.05, 3.63) is 95.0 Å². The minimum Gasteiger partial charge on any atom is -0.354 e. The largest absolute Gasteiger partial charge is 0.354 e. The zero-order chi connectivity index (χ0) is 20.1. The number of amides is 1. The van der Waals surface area contributed by atoms with Crippen LogP contribution >= 0.6 is 0 Å². The first-order chi connectivity index (χ1) is 14.2. The molecule has 0 aliphatic rings. The van der Waals surface area contributed by atoms with Gasteiger partial charge in [-0.25, -0.2) is 4.68 Å². The quantitative estimate of drug-likeness (QED) is 0.555. The fourth-order valence-corrected chi connectivity index (χ4v) is 3.24. The highest BCUT2D eigenvalue weighted by Gasteiger charge is 2.10. The average molecular weight is 384 g/mol. The van der Waals surface area contributed by atoms with Gasteiger partial charge in [-0.1, -0.05) is 42.5 Å². The highest BCUT2D eigenvalue weighted by molar-refractivity contribution is 5.95. The third-order valence-electron chi connectivity index (χ3n) is 4.71. The number of carbonyl (C=O) groups is 1. The van der Waals surface area contributed by atoms with Crippen LogP contribution in [0, 0.1) is 0 Å². The molecule has 0 aliphatic carbocycles. The fraction of sp³-hybridized carbons (Fsp3) is 0.130. The molecule has 0 saturated carbocycles. The van der Waals surface area contributed by atoms with Crippen molar-refractivity contribution in [1.82, 2.24) is 20.1 Å². The molecule has 6 heteroatoms. The van der Waals surface area contributed by atoms with Gasteiger partial charge in [0.05, 0.1) is 5.69 Å². The zero-order valence-corrected chi connectivity index (χ0v) is 15.8. The molecule has 0 saturated heterocycles. The average Bonchev–Trinajstić information content (AvgIpc) is 2.76. The third-order valence-corrected chi connectivity index (χ3v) is 4.71. The molecule has 1 amide bonds. The molecule has 0 bridgehead atoms. The lowest BCUT2D eigenvalue weighted by Crippen LogP contribution is -2.34. The zero-order valence-electron chi connectivity index (χ0n) is 15.8. The van der Waals surface area contributed by atoms with E-state index in [0.717, 1.165) is 21.9 Å². The van der Waals surface area contributed by atoms with Gasteiger partial charge in [0, 0.05) is 30.6 Å². The van der Waals surface area contributed by atoms with Gasteiger partial charge in [-0.15, -0.1) is 0 Å². The molecular formula is C23H20N4O2. The maximum Gasteiger partial charge on any atom is 0.267 e. The van der Waals surface area contributed by atoms with Crippen LogP contribution in [-0.4, -0.2) is 27.2 Å². The molecule has 2 aromatic heterocycles. The van der Waals surface area contributed by atoms with Crippen molar-refractivity contribution in [1.29, 1.82) is 0 Å². The number of pyridine rings is 1. The lowest BCUT2D eigenvalue weighted by Gasteiger charge is -2.10. The Labute approximate surface area is 167 Å². The van der Waals surface area contributed by atoms with Crippen LogP contribution in [0.4, 0.5) is 0 Å². The number of fused-ring (bicyclic) bond motifs is 1. The van der Waals surface area contributed by atoms with Gasteiger partial charge < -0.3 is 5.32 Å². The summed E-state index contributed by atoms with van der Waals surface area (Å²) in [7, 11) is 0. The van der Waals surface area contributed by atoms with Gasteiger partial charge in [-0.2, -0.15) is 5.10 Å². The molecule has 2 heterocycles. The topological polar surface area (TPSA) is 76.9 Å². The highest BCUT2D eigenvalue weighted by atomic mass is 16.2. The molecule has 1 N–H and O–H groups in total. The van der Waals surface area contributed by atoms with Crippen molar-refractivity contribution < 1.29 is 4.79 Å². The first kappa shape index (κ1) is 18.6. The third kappa shape index (κ3) is 4.38. The normalized spacial score (nSPS) is 10.8. The SMILES string of the molecule is O=C(Cn1nc(-c2cccc3ccccc23)ccc1=O)NCCc1ccncc1. The van der Waals surface area contributed by atoms with Crippen LogP contribution in [0.3, 0.4) is 0 Å². The lowest BCUT2D eigenvalue weighted by atomic mass is 10.0. The molecule has 144 valence electrons. The van der Waals surface area contributed by atoms with E-state index in [2.05, 4.69) is 15.4 Å². The van der Waals surface area contributed by atoms with Crippen molar-refractivity contribution in [3.63, 3.8) is 0 Å². The molecule has 0 radical (unpaired) electrons. The second kappa shape index (κ2) is 8.48. The standard InChI is InChI=1S/C23H20N4O2/c28-22(25-15-12-17-10-13-24-14-11-17)16-27-23(29)9-8-21(26-27)20-7-3-5-18-4-1-2-6-19(18)20/h1-11,13-14H,12,15-16H2,(H,25,28). The Kier molecular flexibility index (Phi) is 5.42. The van der Waals surface area contributed by atoms with E-state index in [-0.39, 0.29) is 18.0 Å². The van der Waals surface area contributed by atoms with Gasteiger partial charge in [-0.05, 0) is 41.0 Å². The Morgan fingerprint density at radius 2 is 1.72 bits per heavy atom. The minimum atomic E-state index is -0.307. The van der Waals surface area contributed by atoms with E-state index in [0.29, 0.717) is 18.7 Å². The molecule has 0 aliphatic heterocycles. The Balaban J connectivity index is 1.50. The summed E-state index contributed by atoms with van der Waals surface area (Å²) < 4.78 is 1.21. The molecule has 4 rings (SSSR count). The molecule has 0 spiro atoms. The van der Waals surface area contributed by atoms with E-state index < -0.39 is 0 Å². The molecule has 2 aromatic carbocycles. The second-order valence-corrected chi connectivity index (χ2v) is 6.70. The van der Waals surface area contributed by atoms with Crippen LogP contribution in [0.1, 0.15) is 5.56 Å². The summed E-state index contributed by atoms with van der Waals surface area (Å²) in [6, 6.07) is 20.9. The van der Waals surface area contributed by atoms with Crippen molar-refractivity contribution >= 4 is 16.7 Å². The van der Waals surface area contributed by atoms with E-state index in [1.165, 1.54) is 10.7 Å². The molecule has 0 atom stereocenters. The number of hydrogen-bond donors (Lipinski definition) is 1. The lowest BCUT2D eigenvalue weighted by molar-refractivity contribution is -0.121. The first-order valence-corrected chi connectivity index (χ1v) is 9.42. The number of nitrogens with zero attached hydrogens (tertiary/aromatic N) is 3. The number of benzene rings is 2. The molecular weight excluding hydrogens is 364 g/mol. The Bertz CT molecular complexity index is 1200. The van der Waals surface area contributed by atoms with Gasteiger partial charge >= 0.3 is 0 Å². The summed E-state index contributed by atoms with van der Waals surface area (Å²) in [6.07, 6.45) is 4.14. The van der Waals surface area contributed by atoms with Crippen molar-refractivity contribution in [2.75, 3.05) is 6.54 Å². The van der Waals surface area contributed by atoms with Gasteiger partial charge in [0.1, 0.15) is 6.54 Å². The van der Waals surface area contributed by atoms with Crippen LogP contribution < -0.4 is 10.9 Å². The van der Waals surface area contributed by atoms with E-state index in [1.54, 1.807) is 18.5 Å². The van der Waals surface area contributed by atoms with Crippen molar-refractivity contribution in [3.8, 4) is 11.3 Å². The molecule has 6 nitrogen and oxygen atoms in total. The summed E-state index contributed by atoms with van der Waals surface area (Å²) in [6.45, 7) is 0.369. The smallest absolute Gasteiger partial charge is 0.267 e. The van der Waals surface area contributed by atoms with E-state index in [4.69, 9.17) is 0 Å². The molecule has 29 heavy (non-hydrogen) atoms. The predicted octanol–water partition coefficient (Wildman–Crippen LogP) is 2.82. The second-order valence-electron chi connectivity index (χ2n) is 6.70. The van der Waals surface area contributed by atoms with Gasteiger partial charge in [-0.3, -0.25) is 14.6 Å². The van der Waals surface area contributed by atoms with Crippen LogP contribution in [0.2, 0.25) is 0 Å². The maximum atomic E-state index is 12.3. The number of nitrogens with one attached hydrogen (secondary N) is 1. The molecule has 0 fully saturated rings. The van der Waals surface area contributed by atoms with Gasteiger partial charge in [0.2, 0.25) is 5.91 Å². The summed E-state index contributed by atoms with van der Waals surface area (Å²) in [5, 5.41) is 9.42. The predicted molar refractivity (Wildman–Crippen MR) is 112 cm³/mol. The van der Waals surface area contributed by atoms with Crippen LogP contribution in [0.15, 0.2) is 83.9 Å².